The zero-order valence-electron chi connectivity index (χ0n) is 18.0. The Bertz CT molecular complexity index is 1380. The van der Waals surface area contributed by atoms with Crippen LogP contribution in [0.5, 0.6) is 0 Å². The van der Waals surface area contributed by atoms with Crippen molar-refractivity contribution >= 4 is 43.7 Å². The van der Waals surface area contributed by atoms with Crippen LogP contribution in [0, 0.1) is 0 Å². The van der Waals surface area contributed by atoms with Crippen molar-refractivity contribution in [1.29, 1.82) is 0 Å². The number of sulfonamides is 1. The van der Waals surface area contributed by atoms with E-state index in [1.165, 1.54) is 5.56 Å². The quantitative estimate of drug-likeness (QED) is 0.400. The average molecular weight is 477 g/mol. The molecule has 7 heteroatoms. The summed E-state index contributed by atoms with van der Waals surface area (Å²) >= 11 is 1.15. The Morgan fingerprint density at radius 1 is 0.879 bits per heavy atom. The number of carbonyl (C=O) groups is 1. The molecule has 5 rings (SSSR count). The first-order valence-corrected chi connectivity index (χ1v) is 13.3. The monoisotopic (exact) mass is 476 g/mol. The number of amides is 1. The third-order valence-electron chi connectivity index (χ3n) is 6.17. The Morgan fingerprint density at radius 2 is 1.55 bits per heavy atom. The Hall–Kier alpha value is -3.16. The smallest absolute Gasteiger partial charge is 0.271 e. The highest BCUT2D eigenvalue weighted by Gasteiger charge is 2.27. The van der Waals surface area contributed by atoms with Crippen molar-refractivity contribution in [2.45, 2.75) is 23.0 Å². The van der Waals surface area contributed by atoms with E-state index in [2.05, 4.69) is 16.9 Å². The molecule has 5 nitrogen and oxygen atoms in total. The van der Waals surface area contributed by atoms with Crippen LogP contribution in [0.15, 0.2) is 88.5 Å². The Morgan fingerprint density at radius 3 is 2.21 bits per heavy atom. The first kappa shape index (κ1) is 21.7. The van der Waals surface area contributed by atoms with Crippen molar-refractivity contribution in [3.05, 3.63) is 95.4 Å². The number of rotatable bonds is 5. The van der Waals surface area contributed by atoms with Crippen molar-refractivity contribution in [3.63, 3.8) is 0 Å². The van der Waals surface area contributed by atoms with Crippen LogP contribution < -0.4 is 4.72 Å². The molecule has 1 aliphatic rings. The van der Waals surface area contributed by atoms with Gasteiger partial charge in [-0.25, -0.2) is 8.42 Å². The van der Waals surface area contributed by atoms with Crippen molar-refractivity contribution < 1.29 is 13.2 Å². The molecule has 3 aromatic carbocycles. The van der Waals surface area contributed by atoms with Gasteiger partial charge in [-0.3, -0.25) is 9.52 Å². The highest BCUT2D eigenvalue weighted by atomic mass is 32.2. The van der Waals surface area contributed by atoms with Gasteiger partial charge in [-0.05, 0) is 58.7 Å². The number of nitrogens with one attached hydrogen (secondary N) is 1. The van der Waals surface area contributed by atoms with Crippen molar-refractivity contribution in [3.8, 4) is 0 Å². The third kappa shape index (κ3) is 4.51. The first-order valence-electron chi connectivity index (χ1n) is 10.9. The fraction of sp³-hybridized carbons (Fsp3) is 0.192. The van der Waals surface area contributed by atoms with E-state index in [-0.39, 0.29) is 10.1 Å². The lowest BCUT2D eigenvalue weighted by atomic mass is 9.89. The van der Waals surface area contributed by atoms with Crippen LogP contribution in [0.25, 0.3) is 10.8 Å². The molecule has 0 atom stereocenters. The molecular weight excluding hydrogens is 452 g/mol. The molecule has 1 aliphatic heterocycles. The van der Waals surface area contributed by atoms with Crippen LogP contribution in [0.2, 0.25) is 0 Å². The van der Waals surface area contributed by atoms with Gasteiger partial charge >= 0.3 is 0 Å². The zero-order valence-corrected chi connectivity index (χ0v) is 19.6. The molecule has 1 amide bonds. The fourth-order valence-electron chi connectivity index (χ4n) is 4.42. The number of fused-ring (bicyclic) bond motifs is 1. The Balaban J connectivity index is 1.44. The number of carbonyl (C=O) groups excluding carboxylic acids is 1. The van der Waals surface area contributed by atoms with Crippen molar-refractivity contribution in [2.24, 2.45) is 0 Å². The van der Waals surface area contributed by atoms with E-state index in [9.17, 15) is 13.2 Å². The summed E-state index contributed by atoms with van der Waals surface area (Å²) < 4.78 is 28.7. The number of benzene rings is 3. The summed E-state index contributed by atoms with van der Waals surface area (Å²) in [5.74, 6) is 0.291. The van der Waals surface area contributed by atoms with E-state index < -0.39 is 10.0 Å². The van der Waals surface area contributed by atoms with Gasteiger partial charge in [0.05, 0.1) is 11.3 Å². The van der Waals surface area contributed by atoms with Gasteiger partial charge in [0, 0.05) is 13.1 Å². The number of anilines is 1. The number of hydrogen-bond acceptors (Lipinski definition) is 4. The normalized spacial score (nSPS) is 15.0. The van der Waals surface area contributed by atoms with Crippen LogP contribution in [-0.2, 0) is 10.0 Å². The lowest BCUT2D eigenvalue weighted by Gasteiger charge is -2.32. The Kier molecular flexibility index (Phi) is 5.91. The first-order chi connectivity index (χ1) is 16.0. The van der Waals surface area contributed by atoms with Crippen molar-refractivity contribution in [2.75, 3.05) is 17.8 Å². The molecule has 1 fully saturated rings. The summed E-state index contributed by atoms with van der Waals surface area (Å²) in [6, 6.07) is 24.9. The topological polar surface area (TPSA) is 66.5 Å². The number of nitrogens with zero attached hydrogens (tertiary/aromatic N) is 1. The maximum atomic E-state index is 13.6. The van der Waals surface area contributed by atoms with Gasteiger partial charge < -0.3 is 4.90 Å². The van der Waals surface area contributed by atoms with Crippen LogP contribution in [0.1, 0.15) is 34.7 Å². The molecular formula is C26H24N2O3S2. The third-order valence-corrected chi connectivity index (χ3v) is 8.94. The van der Waals surface area contributed by atoms with Gasteiger partial charge in [0.15, 0.2) is 0 Å². The average Bonchev–Trinajstić information content (AvgIpc) is 3.40. The van der Waals surface area contributed by atoms with Crippen LogP contribution in [0.4, 0.5) is 5.69 Å². The van der Waals surface area contributed by atoms with Crippen LogP contribution in [-0.4, -0.2) is 32.3 Å². The SMILES string of the molecule is O=C(c1cc2ccccc2cc1NS(=O)(=O)c1cccs1)N1CCC(c2ccccc2)CC1. The van der Waals surface area contributed by atoms with Crippen molar-refractivity contribution in [1.82, 2.24) is 4.90 Å². The van der Waals surface area contributed by atoms with E-state index in [1.807, 2.05) is 47.4 Å². The maximum Gasteiger partial charge on any atom is 0.271 e. The molecule has 1 N–H and O–H groups in total. The van der Waals surface area contributed by atoms with Gasteiger partial charge in [-0.2, -0.15) is 0 Å². The standard InChI is InChI=1S/C26H24N2O3S2/c29-26(28-14-12-20(13-15-28)19-7-2-1-3-8-19)23-17-21-9-4-5-10-22(21)18-24(23)27-33(30,31)25-11-6-16-32-25/h1-11,16-18,20,27H,12-15H2. The summed E-state index contributed by atoms with van der Waals surface area (Å²) in [6.07, 6.45) is 1.78. The molecule has 2 heterocycles. The molecule has 33 heavy (non-hydrogen) atoms. The van der Waals surface area contributed by atoms with Gasteiger partial charge in [0.1, 0.15) is 4.21 Å². The summed E-state index contributed by atoms with van der Waals surface area (Å²) in [4.78, 5) is 15.4. The lowest BCUT2D eigenvalue weighted by molar-refractivity contribution is 0.0714. The number of likely N-dealkylation sites (tertiary alicyclic amines) is 1. The van der Waals surface area contributed by atoms with Crippen LogP contribution in [0.3, 0.4) is 0 Å². The lowest BCUT2D eigenvalue weighted by Crippen LogP contribution is -2.38. The Labute approximate surface area is 197 Å². The summed E-state index contributed by atoms with van der Waals surface area (Å²) in [5.41, 5.74) is 2.00. The van der Waals surface area contributed by atoms with E-state index in [4.69, 9.17) is 0 Å². The largest absolute Gasteiger partial charge is 0.339 e. The van der Waals surface area contributed by atoms with Gasteiger partial charge in [-0.1, -0.05) is 60.7 Å². The van der Waals surface area contributed by atoms with Gasteiger partial charge in [0.25, 0.3) is 15.9 Å². The number of hydrogen-bond donors (Lipinski definition) is 1. The minimum Gasteiger partial charge on any atom is -0.339 e. The van der Waals surface area contributed by atoms with E-state index >= 15 is 0 Å². The zero-order chi connectivity index (χ0) is 22.8. The highest BCUT2D eigenvalue weighted by Crippen LogP contribution is 2.32. The predicted molar refractivity (Wildman–Crippen MR) is 133 cm³/mol. The summed E-state index contributed by atoms with van der Waals surface area (Å²) in [6.45, 7) is 1.28. The van der Waals surface area contributed by atoms with E-state index in [0.717, 1.165) is 35.0 Å². The molecule has 0 unspecified atom stereocenters. The van der Waals surface area contributed by atoms with E-state index in [0.29, 0.717) is 30.3 Å². The maximum absolute atomic E-state index is 13.6. The highest BCUT2D eigenvalue weighted by molar-refractivity contribution is 7.94. The summed E-state index contributed by atoms with van der Waals surface area (Å²) in [5, 5.41) is 3.50. The summed E-state index contributed by atoms with van der Waals surface area (Å²) in [7, 11) is -3.77. The number of piperidine rings is 1. The molecule has 168 valence electrons. The van der Waals surface area contributed by atoms with Gasteiger partial charge in [-0.15, -0.1) is 11.3 Å². The second kappa shape index (κ2) is 9.00. The fourth-order valence-corrected chi connectivity index (χ4v) is 6.49. The molecule has 0 aliphatic carbocycles. The predicted octanol–water partition coefficient (Wildman–Crippen LogP) is 5.72. The molecule has 1 saturated heterocycles. The molecule has 0 bridgehead atoms. The molecule has 0 radical (unpaired) electrons. The molecule has 0 saturated carbocycles. The minimum atomic E-state index is -3.77. The van der Waals surface area contributed by atoms with E-state index in [1.54, 1.807) is 29.6 Å². The molecule has 1 aromatic heterocycles. The van der Waals surface area contributed by atoms with Gasteiger partial charge in [0.2, 0.25) is 0 Å². The minimum absolute atomic E-state index is 0.142. The second-order valence-electron chi connectivity index (χ2n) is 8.26. The number of thiophene rings is 1. The molecule has 4 aromatic rings. The second-order valence-corrected chi connectivity index (χ2v) is 11.1. The van der Waals surface area contributed by atoms with Crippen LogP contribution >= 0.6 is 11.3 Å². The molecule has 0 spiro atoms.